The number of aryl methyl sites for hydroxylation is 1. The van der Waals surface area contributed by atoms with Crippen LogP contribution < -0.4 is 15.4 Å². The van der Waals surface area contributed by atoms with Gasteiger partial charge in [-0.1, -0.05) is 23.4 Å². The highest BCUT2D eigenvalue weighted by atomic mass is 16.5. The van der Waals surface area contributed by atoms with Crippen molar-refractivity contribution in [2.45, 2.75) is 52.2 Å². The second-order valence-corrected chi connectivity index (χ2v) is 7.05. The molecule has 0 fully saturated rings. The third-order valence-electron chi connectivity index (χ3n) is 4.20. The fourth-order valence-electron chi connectivity index (χ4n) is 3.12. The summed E-state index contributed by atoms with van der Waals surface area (Å²) in [6.07, 6.45) is 1.48. The van der Waals surface area contributed by atoms with Crippen LogP contribution in [0.3, 0.4) is 0 Å². The van der Waals surface area contributed by atoms with E-state index < -0.39 is 0 Å². The van der Waals surface area contributed by atoms with Crippen molar-refractivity contribution >= 4 is 5.96 Å². The van der Waals surface area contributed by atoms with Gasteiger partial charge < -0.3 is 19.9 Å². The first-order valence-electron chi connectivity index (χ1n) is 9.09. The number of guanidine groups is 1. The number of hydrogen-bond donors (Lipinski definition) is 2. The molecule has 0 radical (unpaired) electrons. The maximum Gasteiger partial charge on any atom is 0.228 e. The van der Waals surface area contributed by atoms with Gasteiger partial charge in [-0.3, -0.25) is 4.99 Å². The fraction of sp³-hybridized carbons (Fsp3) is 0.526. The number of benzene rings is 1. The molecular formula is C19H27N5O2. The van der Waals surface area contributed by atoms with Crippen molar-refractivity contribution in [1.29, 1.82) is 0 Å². The topological polar surface area (TPSA) is 84.6 Å². The maximum atomic E-state index is 6.10. The summed E-state index contributed by atoms with van der Waals surface area (Å²) in [7, 11) is 0. The van der Waals surface area contributed by atoms with Gasteiger partial charge in [-0.25, -0.2) is 0 Å². The van der Waals surface area contributed by atoms with E-state index in [2.05, 4.69) is 52.6 Å². The van der Waals surface area contributed by atoms with E-state index in [4.69, 9.17) is 9.26 Å². The second kappa shape index (κ2) is 7.76. The Balaban J connectivity index is 1.71. The number of ether oxygens (including phenoxy) is 1. The van der Waals surface area contributed by atoms with Crippen molar-refractivity contribution in [1.82, 2.24) is 20.8 Å². The monoisotopic (exact) mass is 357 g/mol. The third kappa shape index (κ3) is 4.53. The molecule has 7 heteroatoms. The molecule has 2 heterocycles. The van der Waals surface area contributed by atoms with Crippen LogP contribution >= 0.6 is 0 Å². The van der Waals surface area contributed by atoms with Crippen LogP contribution in [0.2, 0.25) is 0 Å². The molecule has 2 aromatic rings. The van der Waals surface area contributed by atoms with Crippen LogP contribution in [0.4, 0.5) is 0 Å². The van der Waals surface area contributed by atoms with Crippen molar-refractivity contribution in [2.75, 3.05) is 13.1 Å². The van der Waals surface area contributed by atoms with Crippen molar-refractivity contribution < 1.29 is 9.26 Å². The number of para-hydroxylation sites is 1. The first-order chi connectivity index (χ1) is 12.5. The first-order valence-corrected chi connectivity index (χ1v) is 9.09. The number of nitrogens with zero attached hydrogens (tertiary/aromatic N) is 3. The van der Waals surface area contributed by atoms with E-state index in [-0.39, 0.29) is 11.6 Å². The Hall–Kier alpha value is -2.57. The molecule has 26 heavy (non-hydrogen) atoms. The summed E-state index contributed by atoms with van der Waals surface area (Å²) in [4.78, 5) is 8.87. The number of fused-ring (bicyclic) bond motifs is 1. The van der Waals surface area contributed by atoms with Crippen LogP contribution in [0.15, 0.2) is 33.8 Å². The van der Waals surface area contributed by atoms with E-state index in [0.717, 1.165) is 30.2 Å². The van der Waals surface area contributed by atoms with Gasteiger partial charge in [-0.15, -0.1) is 0 Å². The van der Waals surface area contributed by atoms with Crippen molar-refractivity contribution in [3.05, 3.63) is 41.5 Å². The molecule has 2 N–H and O–H groups in total. The Bertz CT molecular complexity index is 769. The van der Waals surface area contributed by atoms with E-state index in [9.17, 15) is 0 Å². The summed E-state index contributed by atoms with van der Waals surface area (Å²) in [5.74, 6) is 2.97. The Morgan fingerprint density at radius 1 is 1.35 bits per heavy atom. The number of hydrogen-bond acceptors (Lipinski definition) is 5. The van der Waals surface area contributed by atoms with Gasteiger partial charge in [0.05, 0.1) is 12.6 Å². The van der Waals surface area contributed by atoms with Gasteiger partial charge in [-0.2, -0.15) is 4.98 Å². The highest BCUT2D eigenvalue weighted by molar-refractivity contribution is 5.80. The Morgan fingerprint density at radius 2 is 2.15 bits per heavy atom. The summed E-state index contributed by atoms with van der Waals surface area (Å²) in [5, 5.41) is 10.7. The molecule has 7 nitrogen and oxygen atoms in total. The minimum absolute atomic E-state index is 0.137. The van der Waals surface area contributed by atoms with Crippen LogP contribution in [-0.4, -0.2) is 34.8 Å². The van der Waals surface area contributed by atoms with Crippen LogP contribution in [-0.2, 0) is 6.42 Å². The molecule has 1 atom stereocenters. The van der Waals surface area contributed by atoms with Crippen LogP contribution in [0.1, 0.15) is 50.5 Å². The molecule has 1 aromatic heterocycles. The molecule has 0 bridgehead atoms. The minimum Gasteiger partial charge on any atom is -0.487 e. The SMILES string of the molecule is CCNC(=NCCc1nc(C)no1)NC1CC(C)(C)Oc2ccccc21. The average molecular weight is 357 g/mol. The highest BCUT2D eigenvalue weighted by Gasteiger charge is 2.33. The molecule has 140 valence electrons. The van der Waals surface area contributed by atoms with Gasteiger partial charge in [0.1, 0.15) is 11.4 Å². The van der Waals surface area contributed by atoms with Gasteiger partial charge in [0.2, 0.25) is 5.89 Å². The van der Waals surface area contributed by atoms with Crippen LogP contribution in [0, 0.1) is 6.92 Å². The average Bonchev–Trinajstić information content (AvgIpc) is 2.99. The normalized spacial score (nSPS) is 18.8. The van der Waals surface area contributed by atoms with E-state index >= 15 is 0 Å². The summed E-state index contributed by atoms with van der Waals surface area (Å²) < 4.78 is 11.2. The van der Waals surface area contributed by atoms with Crippen molar-refractivity contribution in [2.24, 2.45) is 4.99 Å². The number of aromatic nitrogens is 2. The van der Waals surface area contributed by atoms with Crippen molar-refractivity contribution in [3.63, 3.8) is 0 Å². The summed E-state index contributed by atoms with van der Waals surface area (Å²) in [6.45, 7) is 9.46. The smallest absolute Gasteiger partial charge is 0.228 e. The summed E-state index contributed by atoms with van der Waals surface area (Å²) in [5.41, 5.74) is 0.926. The maximum absolute atomic E-state index is 6.10. The Morgan fingerprint density at radius 3 is 2.88 bits per heavy atom. The molecule has 1 unspecified atom stereocenters. The second-order valence-electron chi connectivity index (χ2n) is 7.05. The van der Waals surface area contributed by atoms with Crippen LogP contribution in [0.25, 0.3) is 0 Å². The van der Waals surface area contributed by atoms with Gasteiger partial charge in [0, 0.05) is 24.9 Å². The fourth-order valence-corrected chi connectivity index (χ4v) is 3.12. The molecule has 3 rings (SSSR count). The Kier molecular flexibility index (Phi) is 5.44. The molecule has 0 saturated heterocycles. The van der Waals surface area contributed by atoms with E-state index in [1.54, 1.807) is 0 Å². The van der Waals surface area contributed by atoms with Crippen LogP contribution in [0.5, 0.6) is 5.75 Å². The predicted molar refractivity (Wildman–Crippen MR) is 100 cm³/mol. The van der Waals surface area contributed by atoms with Crippen molar-refractivity contribution in [3.8, 4) is 5.75 Å². The summed E-state index contributed by atoms with van der Waals surface area (Å²) in [6, 6.07) is 8.30. The number of nitrogens with one attached hydrogen (secondary N) is 2. The van der Waals surface area contributed by atoms with Gasteiger partial charge in [0.15, 0.2) is 11.8 Å². The standard InChI is InChI=1S/C19H27N5O2/c1-5-20-18(21-11-10-17-22-13(2)24-26-17)23-15-12-19(3,4)25-16-9-7-6-8-14(15)16/h6-9,15H,5,10-12H2,1-4H3,(H2,20,21,23). The molecule has 0 saturated carbocycles. The number of rotatable bonds is 5. The molecule has 0 amide bonds. The van der Waals surface area contributed by atoms with E-state index in [1.807, 2.05) is 25.1 Å². The van der Waals surface area contributed by atoms with E-state index in [1.165, 1.54) is 0 Å². The zero-order chi connectivity index (χ0) is 18.6. The minimum atomic E-state index is -0.232. The highest BCUT2D eigenvalue weighted by Crippen LogP contribution is 2.39. The molecule has 0 aliphatic carbocycles. The summed E-state index contributed by atoms with van der Waals surface area (Å²) >= 11 is 0. The molecular weight excluding hydrogens is 330 g/mol. The zero-order valence-electron chi connectivity index (χ0n) is 15.9. The van der Waals surface area contributed by atoms with E-state index in [0.29, 0.717) is 24.7 Å². The largest absolute Gasteiger partial charge is 0.487 e. The molecule has 1 aromatic carbocycles. The first kappa shape index (κ1) is 18.2. The lowest BCUT2D eigenvalue weighted by Gasteiger charge is -2.38. The lowest BCUT2D eigenvalue weighted by Crippen LogP contribution is -2.45. The van der Waals surface area contributed by atoms with Gasteiger partial charge in [0.25, 0.3) is 0 Å². The number of aliphatic imine (C=N–C) groups is 1. The lowest BCUT2D eigenvalue weighted by atomic mass is 9.90. The van der Waals surface area contributed by atoms with Gasteiger partial charge in [-0.05, 0) is 33.8 Å². The quantitative estimate of drug-likeness (QED) is 0.632. The molecule has 1 aliphatic heterocycles. The lowest BCUT2D eigenvalue weighted by molar-refractivity contribution is 0.0694. The molecule has 0 spiro atoms. The van der Waals surface area contributed by atoms with Gasteiger partial charge >= 0.3 is 0 Å². The third-order valence-corrected chi connectivity index (χ3v) is 4.20. The predicted octanol–water partition coefficient (Wildman–Crippen LogP) is 2.78. The Labute approximate surface area is 154 Å². The molecule has 1 aliphatic rings. The zero-order valence-corrected chi connectivity index (χ0v) is 15.9.